The molecule has 0 heterocycles. The Balaban J connectivity index is 2.70. The van der Waals surface area contributed by atoms with Gasteiger partial charge in [0.05, 0.1) is 0 Å². The minimum Gasteiger partial charge on any atom is -0.366 e. The highest BCUT2D eigenvalue weighted by Gasteiger charge is 2.10. The second-order valence-corrected chi connectivity index (χ2v) is 5.69. The molecule has 0 aliphatic rings. The predicted molar refractivity (Wildman–Crippen MR) is 80.7 cm³/mol. The van der Waals surface area contributed by atoms with Crippen molar-refractivity contribution in [1.29, 1.82) is 0 Å². The van der Waals surface area contributed by atoms with E-state index >= 15 is 0 Å². The number of primary amides is 1. The first-order chi connectivity index (χ1) is 9.40. The second-order valence-electron chi connectivity index (χ2n) is 5.69. The lowest BCUT2D eigenvalue weighted by atomic mass is 9.95. The average molecular weight is 277 g/mol. The molecule has 2 N–H and O–H groups in total. The van der Waals surface area contributed by atoms with Gasteiger partial charge in [0, 0.05) is 5.57 Å². The number of allylic oxidation sites excluding steroid dienone is 1. The summed E-state index contributed by atoms with van der Waals surface area (Å²) in [6.07, 6.45) is 3.14. The normalized spacial score (nSPS) is 12.4. The van der Waals surface area contributed by atoms with E-state index < -0.39 is 0 Å². The predicted octanol–water partition coefficient (Wildman–Crippen LogP) is 4.00. The lowest BCUT2D eigenvalue weighted by molar-refractivity contribution is -0.114. The molecule has 20 heavy (non-hydrogen) atoms. The number of rotatable bonds is 7. The molecule has 2 nitrogen and oxygen atoms in total. The van der Waals surface area contributed by atoms with Crippen molar-refractivity contribution in [2.24, 2.45) is 11.7 Å². The lowest BCUT2D eigenvalue weighted by Crippen LogP contribution is -2.16. The number of hydrogen-bond acceptors (Lipinski definition) is 1. The molecule has 0 spiro atoms. The molecule has 1 rings (SSSR count). The molecular formula is C17H24FNO. The maximum atomic E-state index is 13.1. The van der Waals surface area contributed by atoms with Crippen LogP contribution in [-0.2, 0) is 11.2 Å². The zero-order chi connectivity index (χ0) is 15.1. The van der Waals surface area contributed by atoms with Crippen LogP contribution in [0, 0.1) is 11.7 Å². The van der Waals surface area contributed by atoms with Crippen molar-refractivity contribution >= 4 is 5.91 Å². The van der Waals surface area contributed by atoms with Crippen LogP contribution in [0.5, 0.6) is 0 Å². The van der Waals surface area contributed by atoms with Gasteiger partial charge < -0.3 is 5.73 Å². The van der Waals surface area contributed by atoms with Gasteiger partial charge in [-0.05, 0) is 56.2 Å². The maximum absolute atomic E-state index is 13.1. The zero-order valence-electron chi connectivity index (χ0n) is 12.6. The first-order valence-corrected chi connectivity index (χ1v) is 7.13. The van der Waals surface area contributed by atoms with Crippen LogP contribution in [0.2, 0.25) is 0 Å². The van der Waals surface area contributed by atoms with Crippen LogP contribution in [0.15, 0.2) is 35.4 Å². The molecule has 0 fully saturated rings. The van der Waals surface area contributed by atoms with E-state index in [0.717, 1.165) is 42.4 Å². The molecule has 0 aromatic heterocycles. The van der Waals surface area contributed by atoms with Crippen molar-refractivity contribution < 1.29 is 9.18 Å². The van der Waals surface area contributed by atoms with Crippen molar-refractivity contribution in [2.45, 2.75) is 46.5 Å². The third kappa shape index (κ3) is 5.55. The Morgan fingerprint density at radius 3 is 2.55 bits per heavy atom. The third-order valence-corrected chi connectivity index (χ3v) is 3.46. The highest BCUT2D eigenvalue weighted by Crippen LogP contribution is 2.19. The van der Waals surface area contributed by atoms with E-state index in [1.165, 1.54) is 12.1 Å². The fourth-order valence-electron chi connectivity index (χ4n) is 2.16. The molecule has 0 bridgehead atoms. The summed E-state index contributed by atoms with van der Waals surface area (Å²) in [5.41, 5.74) is 8.15. The quantitative estimate of drug-likeness (QED) is 0.752. The van der Waals surface area contributed by atoms with Crippen molar-refractivity contribution in [1.82, 2.24) is 0 Å². The van der Waals surface area contributed by atoms with Crippen LogP contribution >= 0.6 is 0 Å². The highest BCUT2D eigenvalue weighted by molar-refractivity contribution is 5.92. The van der Waals surface area contributed by atoms with Crippen LogP contribution in [0.25, 0.3) is 0 Å². The van der Waals surface area contributed by atoms with Crippen LogP contribution in [0.1, 0.15) is 45.6 Å². The summed E-state index contributed by atoms with van der Waals surface area (Å²) < 4.78 is 13.1. The van der Waals surface area contributed by atoms with Crippen molar-refractivity contribution in [3.8, 4) is 0 Å². The number of halogens is 1. The van der Waals surface area contributed by atoms with E-state index in [4.69, 9.17) is 5.73 Å². The molecule has 1 aromatic carbocycles. The minimum atomic E-state index is -0.331. The molecule has 3 heteroatoms. The number of carbonyl (C=O) groups excluding carboxylic acids is 1. The lowest BCUT2D eigenvalue weighted by Gasteiger charge is -2.11. The summed E-state index contributed by atoms with van der Waals surface area (Å²) in [5.74, 6) is -0.0122. The Kier molecular flexibility index (Phi) is 6.43. The van der Waals surface area contributed by atoms with Gasteiger partial charge in [-0.1, -0.05) is 31.6 Å². The first kappa shape index (κ1) is 16.4. The van der Waals surface area contributed by atoms with Crippen LogP contribution < -0.4 is 5.73 Å². The van der Waals surface area contributed by atoms with Gasteiger partial charge in [-0.25, -0.2) is 4.39 Å². The largest absolute Gasteiger partial charge is 0.366 e. The van der Waals surface area contributed by atoms with Crippen LogP contribution in [0.4, 0.5) is 4.39 Å². The number of aryl methyl sites for hydroxylation is 1. The van der Waals surface area contributed by atoms with Gasteiger partial charge in [-0.3, -0.25) is 4.79 Å². The highest BCUT2D eigenvalue weighted by atomic mass is 19.1. The van der Waals surface area contributed by atoms with E-state index in [9.17, 15) is 9.18 Å². The molecule has 0 unspecified atom stereocenters. The Labute approximate surface area is 120 Å². The van der Waals surface area contributed by atoms with Crippen molar-refractivity contribution in [2.75, 3.05) is 0 Å². The summed E-state index contributed by atoms with van der Waals surface area (Å²) in [6.45, 7) is 6.20. The molecule has 0 saturated carbocycles. The Morgan fingerprint density at radius 2 is 2.00 bits per heavy atom. The number of amides is 1. The van der Waals surface area contributed by atoms with Gasteiger partial charge in [0.15, 0.2) is 0 Å². The van der Waals surface area contributed by atoms with Gasteiger partial charge in [-0.2, -0.15) is 0 Å². The van der Waals surface area contributed by atoms with Gasteiger partial charge in [0.1, 0.15) is 5.82 Å². The summed E-state index contributed by atoms with van der Waals surface area (Å²) in [4.78, 5) is 11.5. The third-order valence-electron chi connectivity index (χ3n) is 3.46. The van der Waals surface area contributed by atoms with E-state index in [1.54, 1.807) is 6.07 Å². The van der Waals surface area contributed by atoms with Gasteiger partial charge in [0.2, 0.25) is 5.91 Å². The van der Waals surface area contributed by atoms with E-state index in [2.05, 4.69) is 13.8 Å². The Morgan fingerprint density at radius 1 is 1.30 bits per heavy atom. The smallest absolute Gasteiger partial charge is 0.244 e. The maximum Gasteiger partial charge on any atom is 0.244 e. The first-order valence-electron chi connectivity index (χ1n) is 7.13. The van der Waals surface area contributed by atoms with E-state index in [1.807, 2.05) is 13.0 Å². The molecule has 1 aromatic rings. The number of nitrogens with two attached hydrogens (primary N) is 1. The summed E-state index contributed by atoms with van der Waals surface area (Å²) >= 11 is 0. The van der Waals surface area contributed by atoms with E-state index in [0.29, 0.717) is 5.92 Å². The van der Waals surface area contributed by atoms with Crippen LogP contribution in [0.3, 0.4) is 0 Å². The topological polar surface area (TPSA) is 43.1 Å². The van der Waals surface area contributed by atoms with Gasteiger partial charge in [-0.15, -0.1) is 0 Å². The number of carbonyl (C=O) groups is 1. The molecular weight excluding hydrogens is 253 g/mol. The molecule has 0 radical (unpaired) electrons. The number of hydrogen-bond donors (Lipinski definition) is 1. The molecule has 0 saturated heterocycles. The molecule has 0 aliphatic carbocycles. The molecule has 0 aliphatic heterocycles. The summed E-state index contributed by atoms with van der Waals surface area (Å²) in [6, 6.07) is 6.57. The number of benzene rings is 1. The second kappa shape index (κ2) is 7.83. The SMILES string of the molecule is CC(CCc1cccc(F)c1)=C(CCC(C)C)C(N)=O. The molecule has 1 amide bonds. The minimum absolute atomic E-state index is 0.223. The fraction of sp³-hybridized carbons (Fsp3) is 0.471. The summed E-state index contributed by atoms with van der Waals surface area (Å²) in [5, 5.41) is 0. The molecule has 0 atom stereocenters. The van der Waals surface area contributed by atoms with E-state index in [-0.39, 0.29) is 11.7 Å². The standard InChI is InChI=1S/C17H24FNO/c1-12(2)7-10-16(17(19)20)13(3)8-9-14-5-4-6-15(18)11-14/h4-6,11-12H,7-10H2,1-3H3,(H2,19,20). The fourth-order valence-corrected chi connectivity index (χ4v) is 2.16. The average Bonchev–Trinajstić information content (AvgIpc) is 2.36. The zero-order valence-corrected chi connectivity index (χ0v) is 12.6. The van der Waals surface area contributed by atoms with Crippen LogP contribution in [-0.4, -0.2) is 5.91 Å². The van der Waals surface area contributed by atoms with Gasteiger partial charge >= 0.3 is 0 Å². The monoisotopic (exact) mass is 277 g/mol. The van der Waals surface area contributed by atoms with Gasteiger partial charge in [0.25, 0.3) is 0 Å². The van der Waals surface area contributed by atoms with Crippen molar-refractivity contribution in [3.63, 3.8) is 0 Å². The Bertz CT molecular complexity index is 492. The Hall–Kier alpha value is -1.64. The van der Waals surface area contributed by atoms with Crippen molar-refractivity contribution in [3.05, 3.63) is 46.8 Å². The molecule has 110 valence electrons. The summed E-state index contributed by atoms with van der Waals surface area (Å²) in [7, 11) is 0.